The van der Waals surface area contributed by atoms with E-state index in [0.717, 1.165) is 11.1 Å². The molecule has 0 atom stereocenters. The zero-order valence-corrected chi connectivity index (χ0v) is 15.8. The van der Waals surface area contributed by atoms with Crippen molar-refractivity contribution in [3.63, 3.8) is 0 Å². The number of nitrogens with two attached hydrogens (primary N) is 1. The summed E-state index contributed by atoms with van der Waals surface area (Å²) < 4.78 is 1.73. The van der Waals surface area contributed by atoms with Crippen molar-refractivity contribution in [1.82, 2.24) is 15.1 Å². The van der Waals surface area contributed by atoms with Gasteiger partial charge in [-0.3, -0.25) is 14.3 Å². The Labute approximate surface area is 168 Å². The Kier molecular flexibility index (Phi) is 6.59. The number of carbonyl (C=O) groups is 2. The van der Waals surface area contributed by atoms with Crippen LogP contribution in [0.4, 0.5) is 11.4 Å². The largest absolute Gasteiger partial charge is 0.397 e. The van der Waals surface area contributed by atoms with Crippen LogP contribution in [0.15, 0.2) is 60.9 Å². The number of amides is 2. The third-order valence-corrected chi connectivity index (χ3v) is 4.26. The minimum atomic E-state index is -0.232. The second-order valence-corrected chi connectivity index (χ2v) is 6.53. The number of aliphatic hydroxyl groups is 1. The van der Waals surface area contributed by atoms with Crippen molar-refractivity contribution in [1.29, 1.82) is 0 Å². The van der Waals surface area contributed by atoms with Gasteiger partial charge in [0.05, 0.1) is 37.1 Å². The van der Waals surface area contributed by atoms with Gasteiger partial charge in [-0.05, 0) is 35.4 Å². The number of anilines is 2. The van der Waals surface area contributed by atoms with E-state index in [9.17, 15) is 9.59 Å². The highest BCUT2D eigenvalue weighted by Crippen LogP contribution is 2.18. The molecule has 5 N–H and O–H groups in total. The molecule has 150 valence electrons. The van der Waals surface area contributed by atoms with E-state index in [1.165, 1.54) is 0 Å². The van der Waals surface area contributed by atoms with Gasteiger partial charge in [0, 0.05) is 18.3 Å². The van der Waals surface area contributed by atoms with Crippen molar-refractivity contribution in [3.8, 4) is 0 Å². The summed E-state index contributed by atoms with van der Waals surface area (Å²) in [4.78, 5) is 24.1. The first kappa shape index (κ1) is 20.1. The van der Waals surface area contributed by atoms with Crippen LogP contribution in [0.1, 0.15) is 21.5 Å². The average molecular weight is 393 g/mol. The maximum atomic E-state index is 12.4. The van der Waals surface area contributed by atoms with Gasteiger partial charge < -0.3 is 21.5 Å². The molecule has 0 saturated heterocycles. The molecule has 0 spiro atoms. The van der Waals surface area contributed by atoms with Crippen LogP contribution in [-0.4, -0.2) is 39.9 Å². The smallest absolute Gasteiger partial charge is 0.255 e. The van der Waals surface area contributed by atoms with Gasteiger partial charge >= 0.3 is 0 Å². The van der Waals surface area contributed by atoms with Gasteiger partial charge in [-0.2, -0.15) is 5.10 Å². The molecule has 0 radical (unpaired) electrons. The normalized spacial score (nSPS) is 10.5. The van der Waals surface area contributed by atoms with Crippen molar-refractivity contribution >= 4 is 23.2 Å². The molecule has 0 aliphatic heterocycles. The molecule has 0 aliphatic carbocycles. The van der Waals surface area contributed by atoms with E-state index in [2.05, 4.69) is 15.7 Å². The predicted molar refractivity (Wildman–Crippen MR) is 110 cm³/mol. The van der Waals surface area contributed by atoms with E-state index < -0.39 is 0 Å². The number of nitrogen functional groups attached to an aromatic ring is 1. The Morgan fingerprint density at radius 2 is 1.83 bits per heavy atom. The predicted octanol–water partition coefficient (Wildman–Crippen LogP) is 1.42. The first-order chi connectivity index (χ1) is 14.0. The van der Waals surface area contributed by atoms with Crippen molar-refractivity contribution in [2.24, 2.45) is 0 Å². The molecule has 8 nitrogen and oxygen atoms in total. The van der Waals surface area contributed by atoms with Crippen LogP contribution < -0.4 is 16.4 Å². The first-order valence-corrected chi connectivity index (χ1v) is 9.19. The molecule has 1 heterocycles. The minimum Gasteiger partial charge on any atom is -0.397 e. The third-order valence-electron chi connectivity index (χ3n) is 4.26. The fourth-order valence-electron chi connectivity index (χ4n) is 2.78. The second kappa shape index (κ2) is 9.52. The number of aromatic nitrogens is 2. The maximum absolute atomic E-state index is 12.4. The van der Waals surface area contributed by atoms with E-state index >= 15 is 0 Å². The summed E-state index contributed by atoms with van der Waals surface area (Å²) in [6.45, 7) is 0.674. The number of hydrogen-bond donors (Lipinski definition) is 4. The number of hydrogen-bond acceptors (Lipinski definition) is 5. The van der Waals surface area contributed by atoms with Crippen molar-refractivity contribution in [3.05, 3.63) is 77.6 Å². The van der Waals surface area contributed by atoms with Gasteiger partial charge in [0.25, 0.3) is 5.91 Å². The standard InChI is InChI=1S/C21H23N5O3/c22-18-3-1-2-4-19(18)25-21(29)17-7-5-15(6-8-17)13-26-14-16(12-24-26)11-20(28)23-9-10-27/h1-8,12,14,27H,9-11,13,22H2,(H,23,28)(H,25,29). The van der Waals surface area contributed by atoms with Gasteiger partial charge in [0.15, 0.2) is 0 Å². The lowest BCUT2D eigenvalue weighted by Crippen LogP contribution is -2.27. The van der Waals surface area contributed by atoms with Crippen LogP contribution in [0.3, 0.4) is 0 Å². The molecule has 0 aliphatic rings. The van der Waals surface area contributed by atoms with E-state index in [1.54, 1.807) is 41.3 Å². The van der Waals surface area contributed by atoms with E-state index in [4.69, 9.17) is 10.8 Å². The Morgan fingerprint density at radius 1 is 1.07 bits per heavy atom. The zero-order chi connectivity index (χ0) is 20.6. The fourth-order valence-corrected chi connectivity index (χ4v) is 2.78. The Balaban J connectivity index is 1.57. The molecule has 0 saturated carbocycles. The van der Waals surface area contributed by atoms with E-state index in [-0.39, 0.29) is 31.4 Å². The molecular formula is C21H23N5O3. The number of rotatable bonds is 8. The second-order valence-electron chi connectivity index (χ2n) is 6.53. The molecule has 0 unspecified atom stereocenters. The summed E-state index contributed by atoms with van der Waals surface area (Å²) in [6, 6.07) is 14.3. The molecule has 29 heavy (non-hydrogen) atoms. The van der Waals surface area contributed by atoms with Crippen molar-refractivity contribution < 1.29 is 14.7 Å². The van der Waals surface area contributed by atoms with Gasteiger partial charge in [0.2, 0.25) is 5.91 Å². The van der Waals surface area contributed by atoms with Crippen LogP contribution in [0.25, 0.3) is 0 Å². The topological polar surface area (TPSA) is 122 Å². The molecule has 0 bridgehead atoms. The van der Waals surface area contributed by atoms with Crippen LogP contribution in [-0.2, 0) is 17.8 Å². The first-order valence-electron chi connectivity index (χ1n) is 9.19. The Bertz CT molecular complexity index is 982. The highest BCUT2D eigenvalue weighted by atomic mass is 16.3. The van der Waals surface area contributed by atoms with Crippen molar-refractivity contribution in [2.75, 3.05) is 24.2 Å². The molecule has 0 fully saturated rings. The third kappa shape index (κ3) is 5.66. The minimum absolute atomic E-state index is 0.0856. The molecule has 8 heteroatoms. The number of nitrogens with one attached hydrogen (secondary N) is 2. The summed E-state index contributed by atoms with van der Waals surface area (Å²) >= 11 is 0. The summed E-state index contributed by atoms with van der Waals surface area (Å²) in [6.07, 6.45) is 3.66. The van der Waals surface area contributed by atoms with E-state index in [0.29, 0.717) is 23.5 Å². The molecule has 3 rings (SSSR count). The van der Waals surface area contributed by atoms with Crippen LogP contribution >= 0.6 is 0 Å². The summed E-state index contributed by atoms with van der Waals surface area (Å²) in [5.74, 6) is -0.391. The number of nitrogens with zero attached hydrogens (tertiary/aromatic N) is 2. The fraction of sp³-hybridized carbons (Fsp3) is 0.190. The maximum Gasteiger partial charge on any atom is 0.255 e. The lowest BCUT2D eigenvalue weighted by atomic mass is 10.1. The molecule has 2 aromatic carbocycles. The number of aliphatic hydroxyl groups excluding tert-OH is 1. The Morgan fingerprint density at radius 3 is 2.55 bits per heavy atom. The molecule has 2 amide bonds. The van der Waals surface area contributed by atoms with Gasteiger partial charge in [-0.15, -0.1) is 0 Å². The van der Waals surface area contributed by atoms with Crippen molar-refractivity contribution in [2.45, 2.75) is 13.0 Å². The van der Waals surface area contributed by atoms with Crippen LogP contribution in [0.5, 0.6) is 0 Å². The van der Waals surface area contributed by atoms with Gasteiger partial charge in [-0.1, -0.05) is 24.3 Å². The van der Waals surface area contributed by atoms with Crippen LogP contribution in [0, 0.1) is 0 Å². The summed E-state index contributed by atoms with van der Waals surface area (Å²) in [5.41, 5.74) is 9.23. The number of carbonyl (C=O) groups excluding carboxylic acids is 2. The summed E-state index contributed by atoms with van der Waals surface area (Å²) in [5, 5.41) is 18.4. The van der Waals surface area contributed by atoms with Gasteiger partial charge in [-0.25, -0.2) is 0 Å². The summed E-state index contributed by atoms with van der Waals surface area (Å²) in [7, 11) is 0. The highest BCUT2D eigenvalue weighted by molar-refractivity contribution is 6.05. The lowest BCUT2D eigenvalue weighted by molar-refractivity contribution is -0.120. The Hall–Kier alpha value is -3.65. The van der Waals surface area contributed by atoms with Crippen LogP contribution in [0.2, 0.25) is 0 Å². The molecule has 1 aromatic heterocycles. The monoisotopic (exact) mass is 393 g/mol. The van der Waals surface area contributed by atoms with Gasteiger partial charge in [0.1, 0.15) is 0 Å². The van der Waals surface area contributed by atoms with E-state index in [1.807, 2.05) is 24.3 Å². The SMILES string of the molecule is Nc1ccccc1NC(=O)c1ccc(Cn2cc(CC(=O)NCCO)cn2)cc1. The number of para-hydroxylation sites is 2. The molecule has 3 aromatic rings. The molecular weight excluding hydrogens is 370 g/mol. The number of benzene rings is 2. The zero-order valence-electron chi connectivity index (χ0n) is 15.8. The lowest BCUT2D eigenvalue weighted by Gasteiger charge is -2.08. The highest BCUT2D eigenvalue weighted by Gasteiger charge is 2.09. The average Bonchev–Trinajstić information content (AvgIpc) is 3.15. The quantitative estimate of drug-likeness (QED) is 0.431.